The van der Waals surface area contributed by atoms with Crippen LogP contribution in [0.2, 0.25) is 0 Å². The van der Waals surface area contributed by atoms with Gasteiger partial charge in [-0.15, -0.1) is 0 Å². The van der Waals surface area contributed by atoms with E-state index < -0.39 is 11.1 Å². The van der Waals surface area contributed by atoms with Crippen LogP contribution in [0.25, 0.3) is 0 Å². The fourth-order valence-corrected chi connectivity index (χ4v) is 6.13. The average molecular weight is 364 g/mol. The van der Waals surface area contributed by atoms with Gasteiger partial charge in [0.2, 0.25) is 0 Å². The summed E-state index contributed by atoms with van der Waals surface area (Å²) in [5, 5.41) is 28.8. The number of hydrogen-bond acceptors (Lipinski definition) is 4. The minimum atomic E-state index is -0.514. The zero-order chi connectivity index (χ0) is 19.6. The maximum Gasteiger partial charge on any atom is 0.121 e. The van der Waals surface area contributed by atoms with Crippen LogP contribution in [0.15, 0.2) is 70.9 Å². The fourth-order valence-electron chi connectivity index (χ4n) is 6.13. The molecule has 4 heteroatoms. The molecule has 0 aromatic heterocycles. The third-order valence-corrected chi connectivity index (χ3v) is 7.32. The molecule has 28 heavy (non-hydrogen) atoms. The molecule has 1 heterocycles. The highest BCUT2D eigenvalue weighted by molar-refractivity contribution is 5.50. The van der Waals surface area contributed by atoms with Crippen molar-refractivity contribution in [3.05, 3.63) is 82.9 Å². The molecule has 2 aromatic carbocycles. The van der Waals surface area contributed by atoms with Gasteiger partial charge in [-0.3, -0.25) is 0 Å². The van der Waals surface area contributed by atoms with Crippen molar-refractivity contribution in [2.75, 3.05) is 0 Å². The molecule has 0 radical (unpaired) electrons. The molecule has 2 aliphatic carbocycles. The SMILES string of the molecule is CC1(C)[C@]2(c3cccc(C#N)c3)N=N[C@@]1(c1cccc(C#N)c1)[C@H]1CC=C[C@H]12. The van der Waals surface area contributed by atoms with Crippen molar-refractivity contribution in [2.24, 2.45) is 27.5 Å². The van der Waals surface area contributed by atoms with E-state index in [0.29, 0.717) is 17.0 Å². The smallest absolute Gasteiger partial charge is 0.121 e. The lowest BCUT2D eigenvalue weighted by molar-refractivity contribution is 0.150. The molecule has 1 saturated carbocycles. The molecule has 2 aromatic rings. The van der Waals surface area contributed by atoms with E-state index in [4.69, 9.17) is 10.2 Å². The Morgan fingerprint density at radius 3 is 2.07 bits per heavy atom. The van der Waals surface area contributed by atoms with Gasteiger partial charge in [-0.05, 0) is 41.8 Å². The molecule has 0 unspecified atom stereocenters. The van der Waals surface area contributed by atoms with E-state index in [9.17, 15) is 10.5 Å². The van der Waals surface area contributed by atoms with Gasteiger partial charge in [0.15, 0.2) is 0 Å². The van der Waals surface area contributed by atoms with Gasteiger partial charge in [0.05, 0.1) is 23.3 Å². The second-order valence-corrected chi connectivity index (χ2v) is 8.54. The molecular formula is C24H20N4. The van der Waals surface area contributed by atoms with Gasteiger partial charge in [0, 0.05) is 17.3 Å². The number of rotatable bonds is 2. The topological polar surface area (TPSA) is 72.3 Å². The highest BCUT2D eigenvalue weighted by atomic mass is 15.3. The summed E-state index contributed by atoms with van der Waals surface area (Å²) < 4.78 is 0. The van der Waals surface area contributed by atoms with E-state index in [1.807, 2.05) is 36.4 Å². The Kier molecular flexibility index (Phi) is 3.26. The Morgan fingerprint density at radius 1 is 0.893 bits per heavy atom. The molecular weight excluding hydrogens is 344 g/mol. The predicted molar refractivity (Wildman–Crippen MR) is 105 cm³/mol. The highest BCUT2D eigenvalue weighted by Gasteiger charge is 2.77. The highest BCUT2D eigenvalue weighted by Crippen LogP contribution is 2.76. The summed E-state index contributed by atoms with van der Waals surface area (Å²) in [4.78, 5) is 0. The lowest BCUT2D eigenvalue weighted by Gasteiger charge is -2.41. The largest absolute Gasteiger partial charge is 0.192 e. The number of benzene rings is 2. The van der Waals surface area contributed by atoms with Gasteiger partial charge < -0.3 is 0 Å². The maximum atomic E-state index is 9.43. The van der Waals surface area contributed by atoms with E-state index in [1.54, 1.807) is 0 Å². The molecule has 4 atom stereocenters. The number of hydrogen-bond donors (Lipinski definition) is 0. The van der Waals surface area contributed by atoms with Crippen LogP contribution in [0, 0.1) is 39.9 Å². The second kappa shape index (κ2) is 5.40. The minimum absolute atomic E-state index is 0.222. The molecule has 136 valence electrons. The zero-order valence-electron chi connectivity index (χ0n) is 15.9. The predicted octanol–water partition coefficient (Wildman–Crippen LogP) is 5.22. The van der Waals surface area contributed by atoms with Crippen LogP contribution in [-0.4, -0.2) is 0 Å². The van der Waals surface area contributed by atoms with Crippen molar-refractivity contribution in [3.63, 3.8) is 0 Å². The molecule has 1 fully saturated rings. The summed E-state index contributed by atoms with van der Waals surface area (Å²) in [6, 6.07) is 20.2. The first-order valence-corrected chi connectivity index (χ1v) is 9.63. The van der Waals surface area contributed by atoms with Crippen LogP contribution < -0.4 is 0 Å². The lowest BCUT2D eigenvalue weighted by atomic mass is 9.61. The summed E-state index contributed by atoms with van der Waals surface area (Å²) in [7, 11) is 0. The molecule has 0 saturated heterocycles. The summed E-state index contributed by atoms with van der Waals surface area (Å²) in [5.41, 5.74) is 2.11. The Morgan fingerprint density at radius 2 is 1.46 bits per heavy atom. The van der Waals surface area contributed by atoms with Crippen molar-refractivity contribution in [3.8, 4) is 12.1 Å². The van der Waals surface area contributed by atoms with Crippen LogP contribution in [0.4, 0.5) is 0 Å². The lowest BCUT2D eigenvalue weighted by Crippen LogP contribution is -2.44. The van der Waals surface area contributed by atoms with Crippen LogP contribution in [-0.2, 0) is 11.1 Å². The quantitative estimate of drug-likeness (QED) is 0.685. The monoisotopic (exact) mass is 364 g/mol. The Labute approximate surface area is 164 Å². The van der Waals surface area contributed by atoms with Crippen molar-refractivity contribution < 1.29 is 0 Å². The first-order chi connectivity index (χ1) is 13.5. The van der Waals surface area contributed by atoms with Gasteiger partial charge in [0.25, 0.3) is 0 Å². The number of allylic oxidation sites excluding steroid dienone is 1. The molecule has 1 aliphatic heterocycles. The van der Waals surface area contributed by atoms with E-state index in [1.165, 1.54) is 0 Å². The Balaban J connectivity index is 1.79. The van der Waals surface area contributed by atoms with Gasteiger partial charge in [-0.25, -0.2) is 0 Å². The van der Waals surface area contributed by atoms with Crippen LogP contribution in [0.1, 0.15) is 42.5 Å². The molecule has 2 bridgehead atoms. The van der Waals surface area contributed by atoms with E-state index >= 15 is 0 Å². The van der Waals surface area contributed by atoms with Crippen molar-refractivity contribution in [1.29, 1.82) is 10.5 Å². The Bertz CT molecular complexity index is 1130. The number of nitriles is 2. The van der Waals surface area contributed by atoms with Crippen LogP contribution in [0.5, 0.6) is 0 Å². The van der Waals surface area contributed by atoms with Crippen molar-refractivity contribution >= 4 is 0 Å². The van der Waals surface area contributed by atoms with Crippen LogP contribution >= 0.6 is 0 Å². The van der Waals surface area contributed by atoms with E-state index in [-0.39, 0.29) is 11.3 Å². The molecule has 3 aliphatic rings. The van der Waals surface area contributed by atoms with E-state index in [0.717, 1.165) is 17.5 Å². The molecule has 0 N–H and O–H groups in total. The number of fused-ring (bicyclic) bond motifs is 5. The molecule has 0 amide bonds. The van der Waals surface area contributed by atoms with E-state index in [2.05, 4.69) is 50.3 Å². The second-order valence-electron chi connectivity index (χ2n) is 8.54. The summed E-state index contributed by atoms with van der Waals surface area (Å²) in [6.07, 6.45) is 5.48. The van der Waals surface area contributed by atoms with Crippen LogP contribution in [0.3, 0.4) is 0 Å². The standard InChI is InChI=1S/C24H20N4/c1-22(2)23(18-8-3-6-16(12-18)14-25)20-10-5-11-21(20)24(22,28-27-23)19-9-4-7-17(13-19)15-26/h3-10,12-13,20-21H,11H2,1-2H3/t20-,21+,23-,24+/m1/s1. The fraction of sp³-hybridized carbons (Fsp3) is 0.333. The van der Waals surface area contributed by atoms with Gasteiger partial charge in [0.1, 0.15) is 11.1 Å². The third-order valence-electron chi connectivity index (χ3n) is 7.32. The summed E-state index contributed by atoms with van der Waals surface area (Å²) in [5.74, 6) is 0.513. The Hall–Kier alpha value is -3.24. The van der Waals surface area contributed by atoms with Crippen molar-refractivity contribution in [1.82, 2.24) is 0 Å². The number of nitrogens with zero attached hydrogens (tertiary/aromatic N) is 4. The normalized spacial score (nSPS) is 33.4. The molecule has 5 rings (SSSR count). The summed E-state index contributed by atoms with van der Waals surface area (Å²) >= 11 is 0. The van der Waals surface area contributed by atoms with Gasteiger partial charge >= 0.3 is 0 Å². The first kappa shape index (κ1) is 16.9. The number of azo groups is 1. The average Bonchev–Trinajstić information content (AvgIpc) is 3.35. The van der Waals surface area contributed by atoms with Gasteiger partial charge in [-0.2, -0.15) is 20.8 Å². The van der Waals surface area contributed by atoms with Crippen molar-refractivity contribution in [2.45, 2.75) is 31.3 Å². The third kappa shape index (κ3) is 1.69. The first-order valence-electron chi connectivity index (χ1n) is 9.63. The maximum absolute atomic E-state index is 9.43. The minimum Gasteiger partial charge on any atom is -0.192 e. The molecule has 4 nitrogen and oxygen atoms in total. The summed E-state index contributed by atoms with van der Waals surface area (Å²) in [6.45, 7) is 4.49. The zero-order valence-corrected chi connectivity index (χ0v) is 15.9. The molecule has 0 spiro atoms. The van der Waals surface area contributed by atoms with Gasteiger partial charge in [-0.1, -0.05) is 50.3 Å².